The first-order chi connectivity index (χ1) is 10.2. The predicted molar refractivity (Wildman–Crippen MR) is 81.5 cm³/mol. The molecule has 0 bridgehead atoms. The largest absolute Gasteiger partial charge is 0.457 e. The van der Waals surface area contributed by atoms with Gasteiger partial charge in [0.2, 0.25) is 5.91 Å². The number of fused-ring (bicyclic) bond motifs is 1. The van der Waals surface area contributed by atoms with Gasteiger partial charge in [0, 0.05) is 30.0 Å². The SMILES string of the molecule is O=C(/C=C/c1cc2ccccc2o1)N[C@@H]1C=C[C@H](CO)C1. The van der Waals surface area contributed by atoms with Crippen molar-refractivity contribution in [3.8, 4) is 0 Å². The first kappa shape index (κ1) is 13.6. The number of furan rings is 1. The average Bonchev–Trinajstić information content (AvgIpc) is 3.10. The zero-order valence-electron chi connectivity index (χ0n) is 11.5. The van der Waals surface area contributed by atoms with Gasteiger partial charge in [-0.15, -0.1) is 0 Å². The number of amides is 1. The van der Waals surface area contributed by atoms with E-state index >= 15 is 0 Å². The number of hydrogen-bond acceptors (Lipinski definition) is 3. The van der Waals surface area contributed by atoms with Crippen molar-refractivity contribution in [1.82, 2.24) is 5.32 Å². The molecule has 0 radical (unpaired) electrons. The lowest BCUT2D eigenvalue weighted by molar-refractivity contribution is -0.116. The topological polar surface area (TPSA) is 62.5 Å². The molecule has 4 nitrogen and oxygen atoms in total. The number of aliphatic hydroxyl groups excluding tert-OH is 1. The van der Waals surface area contributed by atoms with Gasteiger partial charge in [0.1, 0.15) is 11.3 Å². The second-order valence-electron chi connectivity index (χ2n) is 5.20. The van der Waals surface area contributed by atoms with Crippen LogP contribution in [0.2, 0.25) is 0 Å². The number of nitrogens with one attached hydrogen (secondary N) is 1. The highest BCUT2D eigenvalue weighted by atomic mass is 16.3. The molecule has 2 aromatic rings. The summed E-state index contributed by atoms with van der Waals surface area (Å²) in [6.45, 7) is 0.123. The summed E-state index contributed by atoms with van der Waals surface area (Å²) in [5.74, 6) is 0.639. The van der Waals surface area contributed by atoms with Gasteiger partial charge in [-0.05, 0) is 24.6 Å². The zero-order chi connectivity index (χ0) is 14.7. The van der Waals surface area contributed by atoms with Gasteiger partial charge in [-0.25, -0.2) is 0 Å². The Kier molecular flexibility index (Phi) is 3.88. The van der Waals surface area contributed by atoms with Gasteiger partial charge < -0.3 is 14.8 Å². The van der Waals surface area contributed by atoms with E-state index in [0.29, 0.717) is 5.76 Å². The summed E-state index contributed by atoms with van der Waals surface area (Å²) in [5.41, 5.74) is 0.807. The standard InChI is InChI=1S/C17H17NO3/c19-11-12-5-6-14(9-12)18-17(20)8-7-15-10-13-3-1-2-4-16(13)21-15/h1-8,10,12,14,19H,9,11H2,(H,18,20)/b8-7+/t12-,14+/m0/s1. The number of para-hydroxylation sites is 1. The molecule has 2 N–H and O–H groups in total. The molecule has 0 fully saturated rings. The molecule has 21 heavy (non-hydrogen) atoms. The maximum atomic E-state index is 11.8. The molecule has 3 rings (SSSR count). The lowest BCUT2D eigenvalue weighted by atomic mass is 10.1. The highest BCUT2D eigenvalue weighted by Gasteiger charge is 2.18. The number of hydrogen-bond donors (Lipinski definition) is 2. The van der Waals surface area contributed by atoms with Crippen molar-refractivity contribution in [2.75, 3.05) is 6.61 Å². The Morgan fingerprint density at radius 1 is 1.38 bits per heavy atom. The van der Waals surface area contributed by atoms with Gasteiger partial charge in [-0.3, -0.25) is 4.79 Å². The van der Waals surface area contributed by atoms with Crippen LogP contribution >= 0.6 is 0 Å². The van der Waals surface area contributed by atoms with Crippen molar-refractivity contribution >= 4 is 23.0 Å². The molecular formula is C17H17NO3. The van der Waals surface area contributed by atoms with Gasteiger partial charge in [0.25, 0.3) is 0 Å². The first-order valence-corrected chi connectivity index (χ1v) is 7.01. The second kappa shape index (κ2) is 5.97. The third-order valence-electron chi connectivity index (χ3n) is 3.58. The molecule has 0 unspecified atom stereocenters. The van der Waals surface area contributed by atoms with Crippen molar-refractivity contribution in [3.05, 3.63) is 54.3 Å². The van der Waals surface area contributed by atoms with Crippen molar-refractivity contribution in [3.63, 3.8) is 0 Å². The normalized spacial score (nSPS) is 21.4. The van der Waals surface area contributed by atoms with Crippen molar-refractivity contribution in [2.24, 2.45) is 5.92 Å². The maximum Gasteiger partial charge on any atom is 0.244 e. The van der Waals surface area contributed by atoms with Crippen LogP contribution in [0.4, 0.5) is 0 Å². The Morgan fingerprint density at radius 3 is 3.00 bits per heavy atom. The van der Waals surface area contributed by atoms with Gasteiger partial charge in [-0.1, -0.05) is 30.4 Å². The summed E-state index contributed by atoms with van der Waals surface area (Å²) in [5, 5.41) is 12.9. The smallest absolute Gasteiger partial charge is 0.244 e. The van der Waals surface area contributed by atoms with Crippen LogP contribution in [-0.4, -0.2) is 23.7 Å². The Morgan fingerprint density at radius 2 is 2.24 bits per heavy atom. The van der Waals surface area contributed by atoms with Gasteiger partial charge in [-0.2, -0.15) is 0 Å². The minimum atomic E-state index is -0.163. The summed E-state index contributed by atoms with van der Waals surface area (Å²) in [4.78, 5) is 11.8. The van der Waals surface area contributed by atoms with Crippen LogP contribution in [0.25, 0.3) is 17.0 Å². The highest BCUT2D eigenvalue weighted by molar-refractivity contribution is 5.92. The third-order valence-corrected chi connectivity index (χ3v) is 3.58. The summed E-state index contributed by atoms with van der Waals surface area (Å²) in [6.07, 6.45) is 7.75. The number of aliphatic hydroxyl groups is 1. The van der Waals surface area contributed by atoms with E-state index in [4.69, 9.17) is 9.52 Å². The Hall–Kier alpha value is -2.33. The fraction of sp³-hybridized carbons (Fsp3) is 0.235. The molecule has 0 spiro atoms. The van der Waals surface area contributed by atoms with E-state index < -0.39 is 0 Å². The number of rotatable bonds is 4. The van der Waals surface area contributed by atoms with E-state index in [0.717, 1.165) is 17.4 Å². The van der Waals surface area contributed by atoms with E-state index in [1.807, 2.05) is 42.5 Å². The quantitative estimate of drug-likeness (QED) is 0.669. The van der Waals surface area contributed by atoms with E-state index in [1.54, 1.807) is 6.08 Å². The molecule has 0 saturated heterocycles. The van der Waals surface area contributed by atoms with Crippen LogP contribution in [0.3, 0.4) is 0 Å². The molecule has 4 heteroatoms. The molecule has 1 aromatic carbocycles. The van der Waals surface area contributed by atoms with Crippen LogP contribution in [0, 0.1) is 5.92 Å². The van der Waals surface area contributed by atoms with Crippen LogP contribution in [0.1, 0.15) is 12.2 Å². The van der Waals surface area contributed by atoms with Crippen LogP contribution in [-0.2, 0) is 4.79 Å². The van der Waals surface area contributed by atoms with Crippen molar-refractivity contribution in [1.29, 1.82) is 0 Å². The van der Waals surface area contributed by atoms with Crippen molar-refractivity contribution in [2.45, 2.75) is 12.5 Å². The number of carbonyl (C=O) groups is 1. The molecule has 108 valence electrons. The number of benzene rings is 1. The molecule has 1 heterocycles. The van der Waals surface area contributed by atoms with E-state index in [1.165, 1.54) is 6.08 Å². The summed E-state index contributed by atoms with van der Waals surface area (Å²) >= 11 is 0. The molecule has 0 aliphatic heterocycles. The van der Waals surface area contributed by atoms with E-state index in [2.05, 4.69) is 5.32 Å². The van der Waals surface area contributed by atoms with Gasteiger partial charge in [0.05, 0.1) is 0 Å². The van der Waals surface area contributed by atoms with E-state index in [9.17, 15) is 4.79 Å². The van der Waals surface area contributed by atoms with Crippen LogP contribution < -0.4 is 5.32 Å². The average molecular weight is 283 g/mol. The fourth-order valence-electron chi connectivity index (χ4n) is 2.49. The summed E-state index contributed by atoms with van der Waals surface area (Å²) in [6, 6.07) is 9.61. The van der Waals surface area contributed by atoms with Crippen molar-refractivity contribution < 1.29 is 14.3 Å². The highest BCUT2D eigenvalue weighted by Crippen LogP contribution is 2.20. The molecule has 1 aliphatic rings. The first-order valence-electron chi connectivity index (χ1n) is 7.01. The Bertz CT molecular complexity index is 666. The predicted octanol–water partition coefficient (Wildman–Crippen LogP) is 2.50. The zero-order valence-corrected chi connectivity index (χ0v) is 11.5. The second-order valence-corrected chi connectivity index (χ2v) is 5.20. The minimum Gasteiger partial charge on any atom is -0.457 e. The van der Waals surface area contributed by atoms with Gasteiger partial charge in [0.15, 0.2) is 0 Å². The molecule has 1 amide bonds. The number of carbonyl (C=O) groups excluding carboxylic acids is 1. The molecule has 0 saturated carbocycles. The Balaban J connectivity index is 1.60. The Labute approximate surface area is 122 Å². The minimum absolute atomic E-state index is 0.00465. The molecule has 1 aliphatic carbocycles. The monoisotopic (exact) mass is 283 g/mol. The van der Waals surface area contributed by atoms with Gasteiger partial charge >= 0.3 is 0 Å². The molecule has 1 aromatic heterocycles. The van der Waals surface area contributed by atoms with Crippen LogP contribution in [0.15, 0.2) is 53.0 Å². The lowest BCUT2D eigenvalue weighted by Gasteiger charge is -2.10. The summed E-state index contributed by atoms with van der Waals surface area (Å²) < 4.78 is 5.61. The van der Waals surface area contributed by atoms with Crippen LogP contribution in [0.5, 0.6) is 0 Å². The molecular weight excluding hydrogens is 266 g/mol. The fourth-order valence-corrected chi connectivity index (χ4v) is 2.49. The third kappa shape index (κ3) is 3.23. The van der Waals surface area contributed by atoms with E-state index in [-0.39, 0.29) is 24.5 Å². The molecule has 2 atom stereocenters. The maximum absolute atomic E-state index is 11.8. The summed E-state index contributed by atoms with van der Waals surface area (Å²) in [7, 11) is 0. The lowest BCUT2D eigenvalue weighted by Crippen LogP contribution is -2.31.